The van der Waals surface area contributed by atoms with E-state index in [1.807, 2.05) is 12.1 Å². The van der Waals surface area contributed by atoms with Gasteiger partial charge in [0, 0.05) is 24.2 Å². The van der Waals surface area contributed by atoms with Crippen molar-refractivity contribution in [2.75, 3.05) is 33.4 Å². The average molecular weight is 284 g/mol. The number of ether oxygens (including phenoxy) is 2. The van der Waals surface area contributed by atoms with Gasteiger partial charge >= 0.3 is 0 Å². The first-order valence-electron chi connectivity index (χ1n) is 6.87. The zero-order chi connectivity index (χ0) is 13.7. The fraction of sp³-hybridized carbons (Fsp3) is 0.600. The molecule has 0 aromatic heterocycles. The number of methoxy groups -OCH3 is 1. The van der Waals surface area contributed by atoms with Gasteiger partial charge in [-0.05, 0) is 37.4 Å². The molecule has 1 aromatic rings. The Morgan fingerprint density at radius 1 is 1.37 bits per heavy atom. The highest BCUT2D eigenvalue weighted by Gasteiger charge is 2.16. The van der Waals surface area contributed by atoms with Crippen LogP contribution in [0.2, 0.25) is 5.02 Å². The van der Waals surface area contributed by atoms with Gasteiger partial charge in [-0.1, -0.05) is 18.5 Å². The van der Waals surface area contributed by atoms with E-state index in [0.717, 1.165) is 18.2 Å². The zero-order valence-corrected chi connectivity index (χ0v) is 12.4. The maximum atomic E-state index is 5.92. The molecule has 1 aromatic carbocycles. The van der Waals surface area contributed by atoms with Gasteiger partial charge in [0.2, 0.25) is 0 Å². The second kappa shape index (κ2) is 7.01. The third-order valence-corrected chi connectivity index (χ3v) is 3.77. The number of rotatable bonds is 5. The minimum Gasteiger partial charge on any atom is -0.493 e. The van der Waals surface area contributed by atoms with Crippen molar-refractivity contribution in [1.82, 2.24) is 4.90 Å². The average Bonchev–Trinajstić information content (AvgIpc) is 2.40. The van der Waals surface area contributed by atoms with E-state index in [1.165, 1.54) is 25.9 Å². The van der Waals surface area contributed by atoms with Crippen LogP contribution >= 0.6 is 11.6 Å². The molecule has 1 aliphatic rings. The van der Waals surface area contributed by atoms with Crippen molar-refractivity contribution in [3.63, 3.8) is 0 Å². The third-order valence-electron chi connectivity index (χ3n) is 3.53. The first-order valence-corrected chi connectivity index (χ1v) is 7.25. The quantitative estimate of drug-likeness (QED) is 0.826. The summed E-state index contributed by atoms with van der Waals surface area (Å²) in [5, 5.41) is 0.661. The van der Waals surface area contributed by atoms with Gasteiger partial charge in [0.05, 0.1) is 7.11 Å². The zero-order valence-electron chi connectivity index (χ0n) is 11.7. The molecule has 0 aliphatic carbocycles. The molecule has 106 valence electrons. The molecular weight excluding hydrogens is 262 g/mol. The summed E-state index contributed by atoms with van der Waals surface area (Å²) in [6.07, 6.45) is 2.65. The summed E-state index contributed by atoms with van der Waals surface area (Å²) in [6.45, 7) is 6.34. The minimum absolute atomic E-state index is 0.661. The molecule has 1 fully saturated rings. The van der Waals surface area contributed by atoms with Gasteiger partial charge in [-0.2, -0.15) is 0 Å². The van der Waals surface area contributed by atoms with Crippen LogP contribution in [0.25, 0.3) is 0 Å². The van der Waals surface area contributed by atoms with Gasteiger partial charge in [0.25, 0.3) is 0 Å². The first-order chi connectivity index (χ1) is 9.19. The van der Waals surface area contributed by atoms with Gasteiger partial charge in [-0.25, -0.2) is 0 Å². The van der Waals surface area contributed by atoms with Crippen molar-refractivity contribution in [2.45, 2.75) is 19.8 Å². The summed E-state index contributed by atoms with van der Waals surface area (Å²) in [5.41, 5.74) is 0. The summed E-state index contributed by atoms with van der Waals surface area (Å²) in [7, 11) is 1.63. The second-order valence-corrected chi connectivity index (χ2v) is 5.63. The van der Waals surface area contributed by atoms with Gasteiger partial charge < -0.3 is 9.47 Å². The minimum atomic E-state index is 0.661. The normalized spacial score (nSPS) is 20.3. The maximum Gasteiger partial charge on any atom is 0.162 e. The van der Waals surface area contributed by atoms with Crippen LogP contribution < -0.4 is 9.47 Å². The van der Waals surface area contributed by atoms with E-state index in [-0.39, 0.29) is 0 Å². The Kier molecular flexibility index (Phi) is 5.34. The fourth-order valence-electron chi connectivity index (χ4n) is 2.54. The van der Waals surface area contributed by atoms with E-state index in [4.69, 9.17) is 21.1 Å². The van der Waals surface area contributed by atoms with Crippen molar-refractivity contribution in [1.29, 1.82) is 0 Å². The van der Waals surface area contributed by atoms with Gasteiger partial charge in [-0.3, -0.25) is 4.90 Å². The number of hydrogen-bond donors (Lipinski definition) is 0. The Hall–Kier alpha value is -0.930. The summed E-state index contributed by atoms with van der Waals surface area (Å²) >= 11 is 5.92. The molecule has 0 N–H and O–H groups in total. The number of halogens is 1. The van der Waals surface area contributed by atoms with Crippen molar-refractivity contribution >= 4 is 11.6 Å². The molecule has 2 rings (SSSR count). The Labute approximate surface area is 120 Å². The first kappa shape index (κ1) is 14.5. The van der Waals surface area contributed by atoms with Crippen LogP contribution in [0.3, 0.4) is 0 Å². The predicted octanol–water partition coefficient (Wildman–Crippen LogP) is 3.46. The van der Waals surface area contributed by atoms with Crippen LogP contribution in [0.4, 0.5) is 0 Å². The van der Waals surface area contributed by atoms with E-state index < -0.39 is 0 Å². The Morgan fingerprint density at radius 3 is 2.95 bits per heavy atom. The SMILES string of the molecule is COc1cc(Cl)ccc1OCCN1CCCC(C)C1. The lowest BCUT2D eigenvalue weighted by Crippen LogP contribution is -2.37. The third kappa shape index (κ3) is 4.29. The van der Waals surface area contributed by atoms with E-state index in [0.29, 0.717) is 17.4 Å². The molecule has 0 spiro atoms. The summed E-state index contributed by atoms with van der Waals surface area (Å²) in [6, 6.07) is 5.46. The summed E-state index contributed by atoms with van der Waals surface area (Å²) < 4.78 is 11.1. The van der Waals surface area contributed by atoms with Crippen LogP contribution in [-0.2, 0) is 0 Å². The molecule has 0 amide bonds. The highest BCUT2D eigenvalue weighted by atomic mass is 35.5. The number of piperidine rings is 1. The molecule has 1 heterocycles. The van der Waals surface area contributed by atoms with Crippen LogP contribution in [0, 0.1) is 5.92 Å². The number of likely N-dealkylation sites (tertiary alicyclic amines) is 1. The van der Waals surface area contributed by atoms with E-state index in [9.17, 15) is 0 Å². The molecule has 3 nitrogen and oxygen atoms in total. The molecule has 1 unspecified atom stereocenters. The number of benzene rings is 1. The largest absolute Gasteiger partial charge is 0.493 e. The fourth-order valence-corrected chi connectivity index (χ4v) is 2.70. The molecule has 0 radical (unpaired) electrons. The Bertz CT molecular complexity index is 411. The van der Waals surface area contributed by atoms with E-state index >= 15 is 0 Å². The number of nitrogens with zero attached hydrogens (tertiary/aromatic N) is 1. The smallest absolute Gasteiger partial charge is 0.162 e. The molecule has 1 saturated heterocycles. The number of hydrogen-bond acceptors (Lipinski definition) is 3. The lowest BCUT2D eigenvalue weighted by atomic mass is 10.0. The second-order valence-electron chi connectivity index (χ2n) is 5.19. The summed E-state index contributed by atoms with van der Waals surface area (Å²) in [5.74, 6) is 2.26. The van der Waals surface area contributed by atoms with Gasteiger partial charge in [0.15, 0.2) is 11.5 Å². The highest BCUT2D eigenvalue weighted by Crippen LogP contribution is 2.29. The van der Waals surface area contributed by atoms with E-state index in [2.05, 4.69) is 11.8 Å². The van der Waals surface area contributed by atoms with Crippen LogP contribution in [-0.4, -0.2) is 38.3 Å². The van der Waals surface area contributed by atoms with E-state index in [1.54, 1.807) is 13.2 Å². The van der Waals surface area contributed by atoms with Crippen molar-refractivity contribution in [3.05, 3.63) is 23.2 Å². The molecule has 4 heteroatoms. The lowest BCUT2D eigenvalue weighted by Gasteiger charge is -2.30. The Morgan fingerprint density at radius 2 is 2.21 bits per heavy atom. The molecule has 19 heavy (non-hydrogen) atoms. The van der Waals surface area contributed by atoms with Crippen molar-refractivity contribution in [3.8, 4) is 11.5 Å². The van der Waals surface area contributed by atoms with Crippen molar-refractivity contribution < 1.29 is 9.47 Å². The topological polar surface area (TPSA) is 21.7 Å². The molecular formula is C15H22ClNO2. The maximum absolute atomic E-state index is 5.92. The lowest BCUT2D eigenvalue weighted by molar-refractivity contribution is 0.152. The molecule has 0 bridgehead atoms. The van der Waals surface area contributed by atoms with Gasteiger partial charge in [-0.15, -0.1) is 0 Å². The molecule has 1 atom stereocenters. The molecule has 0 saturated carbocycles. The Balaban J connectivity index is 1.82. The monoisotopic (exact) mass is 283 g/mol. The van der Waals surface area contributed by atoms with Crippen molar-refractivity contribution in [2.24, 2.45) is 5.92 Å². The van der Waals surface area contributed by atoms with Crippen LogP contribution in [0.15, 0.2) is 18.2 Å². The summed E-state index contributed by atoms with van der Waals surface area (Å²) in [4.78, 5) is 2.47. The van der Waals surface area contributed by atoms with Crippen LogP contribution in [0.5, 0.6) is 11.5 Å². The predicted molar refractivity (Wildman–Crippen MR) is 78.3 cm³/mol. The highest BCUT2D eigenvalue weighted by molar-refractivity contribution is 6.30. The molecule has 1 aliphatic heterocycles. The standard InChI is InChI=1S/C15H22ClNO2/c1-12-4-3-7-17(11-12)8-9-19-14-6-5-13(16)10-15(14)18-2/h5-6,10,12H,3-4,7-9,11H2,1-2H3. The van der Waals surface area contributed by atoms with Crippen LogP contribution in [0.1, 0.15) is 19.8 Å². The van der Waals surface area contributed by atoms with Gasteiger partial charge in [0.1, 0.15) is 6.61 Å².